The highest BCUT2D eigenvalue weighted by Crippen LogP contribution is 2.38. The maximum absolute atomic E-state index is 11.9. The average Bonchev–Trinajstić information content (AvgIpc) is 2.43. The number of methoxy groups -OCH3 is 2. The van der Waals surface area contributed by atoms with E-state index in [0.29, 0.717) is 28.4 Å². The topological polar surface area (TPSA) is 73.9 Å². The smallest absolute Gasteiger partial charge is 0.408 e. The molecule has 0 aromatic heterocycles. The molecule has 0 radical (unpaired) electrons. The quantitative estimate of drug-likeness (QED) is 0.800. The van der Waals surface area contributed by atoms with Gasteiger partial charge in [-0.2, -0.15) is 0 Å². The number of ether oxygens (including phenoxy) is 3. The monoisotopic (exact) mass is 343 g/mol. The molecule has 128 valence electrons. The molecule has 23 heavy (non-hydrogen) atoms. The lowest BCUT2D eigenvalue weighted by atomic mass is 10.0. The van der Waals surface area contributed by atoms with Gasteiger partial charge in [0, 0.05) is 6.42 Å². The van der Waals surface area contributed by atoms with Crippen molar-refractivity contribution in [3.05, 3.63) is 22.7 Å². The normalized spacial score (nSPS) is 12.3. The van der Waals surface area contributed by atoms with Crippen LogP contribution in [0.2, 0.25) is 5.02 Å². The van der Waals surface area contributed by atoms with Crippen molar-refractivity contribution in [3.63, 3.8) is 0 Å². The molecule has 1 aromatic rings. The maximum atomic E-state index is 11.9. The molecular weight excluding hydrogens is 322 g/mol. The molecule has 0 aliphatic heterocycles. The van der Waals surface area contributed by atoms with E-state index in [1.807, 2.05) is 0 Å². The Bertz CT molecular complexity index is 568. The Morgan fingerprint density at radius 1 is 1.30 bits per heavy atom. The second-order valence-corrected chi connectivity index (χ2v) is 6.25. The molecule has 0 spiro atoms. The fourth-order valence-electron chi connectivity index (χ4n) is 1.96. The molecule has 0 fully saturated rings. The van der Waals surface area contributed by atoms with E-state index < -0.39 is 17.7 Å². The number of carbonyl (C=O) groups excluding carboxylic acids is 2. The van der Waals surface area contributed by atoms with Crippen LogP contribution in [0, 0.1) is 0 Å². The summed E-state index contributed by atoms with van der Waals surface area (Å²) in [5, 5.41) is 2.98. The van der Waals surface area contributed by atoms with Gasteiger partial charge in [-0.25, -0.2) is 4.79 Å². The number of benzene rings is 1. The van der Waals surface area contributed by atoms with Gasteiger partial charge < -0.3 is 24.3 Å². The molecule has 0 saturated carbocycles. The summed E-state index contributed by atoms with van der Waals surface area (Å²) in [6.07, 6.45) is 0.174. The average molecular weight is 344 g/mol. The Labute approximate surface area is 141 Å². The zero-order chi connectivity index (χ0) is 17.6. The van der Waals surface area contributed by atoms with Crippen molar-refractivity contribution in [1.82, 2.24) is 5.32 Å². The summed E-state index contributed by atoms with van der Waals surface area (Å²) >= 11 is 6.16. The van der Waals surface area contributed by atoms with E-state index >= 15 is 0 Å². The highest BCUT2D eigenvalue weighted by molar-refractivity contribution is 6.32. The first-order valence-electron chi connectivity index (χ1n) is 7.06. The Morgan fingerprint density at radius 3 is 2.43 bits per heavy atom. The van der Waals surface area contributed by atoms with Gasteiger partial charge in [-0.05, 0) is 38.5 Å². The fourth-order valence-corrected chi connectivity index (χ4v) is 2.26. The molecule has 6 nitrogen and oxygen atoms in total. The molecule has 0 saturated heterocycles. The van der Waals surface area contributed by atoms with Gasteiger partial charge in [0.2, 0.25) is 0 Å². The third-order valence-electron chi connectivity index (χ3n) is 2.88. The van der Waals surface area contributed by atoms with Gasteiger partial charge in [-0.1, -0.05) is 11.6 Å². The first-order chi connectivity index (χ1) is 10.7. The Morgan fingerprint density at radius 2 is 1.96 bits per heavy atom. The van der Waals surface area contributed by atoms with Crippen LogP contribution >= 0.6 is 11.6 Å². The summed E-state index contributed by atoms with van der Waals surface area (Å²) < 4.78 is 15.6. The molecule has 0 unspecified atom stereocenters. The van der Waals surface area contributed by atoms with Gasteiger partial charge in [0.15, 0.2) is 11.5 Å². The van der Waals surface area contributed by atoms with Crippen LogP contribution in [0.15, 0.2) is 12.1 Å². The lowest BCUT2D eigenvalue weighted by Crippen LogP contribution is -2.35. The van der Waals surface area contributed by atoms with Crippen molar-refractivity contribution < 1.29 is 23.8 Å². The van der Waals surface area contributed by atoms with Crippen LogP contribution in [0.25, 0.3) is 0 Å². The van der Waals surface area contributed by atoms with Crippen molar-refractivity contribution in [1.29, 1.82) is 0 Å². The number of hydrogen-bond donors (Lipinski definition) is 1. The van der Waals surface area contributed by atoms with Gasteiger partial charge in [-0.3, -0.25) is 0 Å². The molecule has 1 atom stereocenters. The summed E-state index contributed by atoms with van der Waals surface area (Å²) in [4.78, 5) is 22.9. The van der Waals surface area contributed by atoms with Crippen molar-refractivity contribution in [3.8, 4) is 11.5 Å². The maximum Gasteiger partial charge on any atom is 0.408 e. The van der Waals surface area contributed by atoms with Gasteiger partial charge in [0.25, 0.3) is 0 Å². The van der Waals surface area contributed by atoms with Crippen molar-refractivity contribution >= 4 is 24.0 Å². The zero-order valence-electron chi connectivity index (χ0n) is 13.9. The van der Waals surface area contributed by atoms with Crippen molar-refractivity contribution in [2.24, 2.45) is 0 Å². The van der Waals surface area contributed by atoms with Crippen LogP contribution in [0.4, 0.5) is 4.79 Å². The fraction of sp³-hybridized carbons (Fsp3) is 0.500. The van der Waals surface area contributed by atoms with E-state index in [2.05, 4.69) is 5.32 Å². The van der Waals surface area contributed by atoms with Gasteiger partial charge in [0.1, 0.15) is 11.9 Å². The van der Waals surface area contributed by atoms with Gasteiger partial charge >= 0.3 is 6.09 Å². The van der Waals surface area contributed by atoms with Crippen LogP contribution in [-0.2, 0) is 9.53 Å². The third-order valence-corrected chi connectivity index (χ3v) is 3.16. The molecule has 1 rings (SSSR count). The standard InChI is InChI=1S/C16H22ClNO5/c1-16(2,3)23-15(20)18-12(6-7-19)10-8-11(17)14(22-5)13(9-10)21-4/h7-9,12H,6H2,1-5H3,(H,18,20)/t12-/m1/s1. The first-order valence-corrected chi connectivity index (χ1v) is 7.44. The van der Waals surface area contributed by atoms with Crippen molar-refractivity contribution in [2.45, 2.75) is 38.8 Å². The molecular formula is C16H22ClNO5. The number of halogens is 1. The second-order valence-electron chi connectivity index (χ2n) is 5.84. The summed E-state index contributed by atoms with van der Waals surface area (Å²) in [7, 11) is 2.96. The number of alkyl carbamates (subject to hydrolysis) is 1. The van der Waals surface area contributed by atoms with E-state index in [0.717, 1.165) is 0 Å². The third kappa shape index (κ3) is 5.63. The van der Waals surface area contributed by atoms with E-state index in [-0.39, 0.29) is 6.42 Å². The molecule has 7 heteroatoms. The number of amides is 1. The van der Waals surface area contributed by atoms with Crippen LogP contribution in [0.5, 0.6) is 11.5 Å². The number of nitrogens with one attached hydrogen (secondary N) is 1. The number of aldehydes is 1. The van der Waals surface area contributed by atoms with Gasteiger partial charge in [0.05, 0.1) is 25.3 Å². The minimum absolute atomic E-state index is 0.0745. The van der Waals surface area contributed by atoms with Crippen LogP contribution in [0.1, 0.15) is 38.8 Å². The molecule has 1 N–H and O–H groups in total. The van der Waals surface area contributed by atoms with E-state index in [9.17, 15) is 9.59 Å². The first kappa shape index (κ1) is 19.1. The predicted octanol–water partition coefficient (Wildman–Crippen LogP) is 3.51. The molecule has 1 amide bonds. The number of rotatable bonds is 6. The van der Waals surface area contributed by atoms with Crippen molar-refractivity contribution in [2.75, 3.05) is 14.2 Å². The van der Waals surface area contributed by atoms with Crippen LogP contribution in [-0.4, -0.2) is 32.2 Å². The Kier molecular flexibility index (Phi) is 6.69. The number of hydrogen-bond acceptors (Lipinski definition) is 5. The second kappa shape index (κ2) is 8.06. The summed E-state index contributed by atoms with van der Waals surface area (Å²) in [5.41, 5.74) is -0.0176. The molecule has 1 aromatic carbocycles. The molecule has 0 bridgehead atoms. The molecule has 0 aliphatic rings. The number of carbonyl (C=O) groups is 2. The minimum atomic E-state index is -0.634. The van der Waals surface area contributed by atoms with E-state index in [4.69, 9.17) is 25.8 Å². The van der Waals surface area contributed by atoms with E-state index in [1.165, 1.54) is 14.2 Å². The predicted molar refractivity (Wildman–Crippen MR) is 87.3 cm³/mol. The summed E-state index contributed by atoms with van der Waals surface area (Å²) in [6.45, 7) is 5.28. The lowest BCUT2D eigenvalue weighted by molar-refractivity contribution is -0.108. The molecule has 0 aliphatic carbocycles. The summed E-state index contributed by atoms with van der Waals surface area (Å²) in [6, 6.07) is 2.70. The Balaban J connectivity index is 3.08. The van der Waals surface area contributed by atoms with Gasteiger partial charge in [-0.15, -0.1) is 0 Å². The summed E-state index contributed by atoms with van der Waals surface area (Å²) in [5.74, 6) is 0.803. The minimum Gasteiger partial charge on any atom is -0.493 e. The highest BCUT2D eigenvalue weighted by Gasteiger charge is 2.22. The lowest BCUT2D eigenvalue weighted by Gasteiger charge is -2.23. The largest absolute Gasteiger partial charge is 0.493 e. The highest BCUT2D eigenvalue weighted by atomic mass is 35.5. The Hall–Kier alpha value is -1.95. The zero-order valence-corrected chi connectivity index (χ0v) is 14.7. The van der Waals surface area contributed by atoms with E-state index in [1.54, 1.807) is 32.9 Å². The molecule has 0 heterocycles. The van der Waals surface area contributed by atoms with Crippen LogP contribution < -0.4 is 14.8 Å². The SMILES string of the molecule is COc1cc([C@@H](CC=O)NC(=O)OC(C)(C)C)cc(Cl)c1OC. The van der Waals surface area contributed by atoms with Crippen LogP contribution in [0.3, 0.4) is 0 Å².